The van der Waals surface area contributed by atoms with Gasteiger partial charge < -0.3 is 20.1 Å². The van der Waals surface area contributed by atoms with Crippen molar-refractivity contribution in [3.8, 4) is 5.88 Å². The van der Waals surface area contributed by atoms with Crippen molar-refractivity contribution in [2.24, 2.45) is 5.92 Å². The number of hydrogen-bond donors (Lipinski definition) is 3. The maximum Gasteiger partial charge on any atom is 0.407 e. The van der Waals surface area contributed by atoms with Gasteiger partial charge in [0.15, 0.2) is 5.82 Å². The third-order valence-electron chi connectivity index (χ3n) is 5.62. The Morgan fingerprint density at radius 2 is 2.07 bits per heavy atom. The number of alkyl carbamates (subject to hydrolysis) is 1. The molecule has 2 aliphatic carbocycles. The molecule has 2 fully saturated rings. The molecule has 2 aliphatic heterocycles. The van der Waals surface area contributed by atoms with E-state index in [0.29, 0.717) is 30.1 Å². The van der Waals surface area contributed by atoms with Crippen LogP contribution in [0.25, 0.3) is 0 Å². The third kappa shape index (κ3) is 3.54. The summed E-state index contributed by atoms with van der Waals surface area (Å²) in [6, 6.07) is 3.98. The third-order valence-corrected chi connectivity index (χ3v) is 5.62. The van der Waals surface area contributed by atoms with Crippen molar-refractivity contribution in [3.63, 3.8) is 0 Å². The van der Waals surface area contributed by atoms with Gasteiger partial charge in [-0.2, -0.15) is 10.2 Å². The zero-order valence-corrected chi connectivity index (χ0v) is 14.9. The fraction of sp³-hybridized carbons (Fsp3) is 0.556. The van der Waals surface area contributed by atoms with Crippen LogP contribution >= 0.6 is 0 Å². The average molecular weight is 370 g/mol. The van der Waals surface area contributed by atoms with E-state index in [1.165, 1.54) is 0 Å². The fourth-order valence-corrected chi connectivity index (χ4v) is 4.12. The molecule has 2 aromatic heterocycles. The summed E-state index contributed by atoms with van der Waals surface area (Å²) in [5, 5.41) is 21.6. The first-order valence-electron chi connectivity index (χ1n) is 9.46. The number of rotatable bonds is 0. The number of carbonyl (C=O) groups excluding carboxylic acids is 1. The van der Waals surface area contributed by atoms with Crippen LogP contribution in [0.1, 0.15) is 43.7 Å². The zero-order valence-electron chi connectivity index (χ0n) is 14.9. The highest BCUT2D eigenvalue weighted by atomic mass is 16.6. The van der Waals surface area contributed by atoms with E-state index in [9.17, 15) is 4.79 Å². The highest BCUT2D eigenvalue weighted by molar-refractivity contribution is 5.68. The van der Waals surface area contributed by atoms with Gasteiger partial charge in [-0.25, -0.2) is 4.79 Å². The van der Waals surface area contributed by atoms with Crippen LogP contribution in [0.3, 0.4) is 0 Å². The number of H-pyrrole nitrogens is 1. The number of nitrogens with one attached hydrogen (secondary N) is 3. The van der Waals surface area contributed by atoms with Crippen LogP contribution < -0.4 is 15.4 Å². The Labute approximate surface area is 156 Å². The van der Waals surface area contributed by atoms with Crippen molar-refractivity contribution >= 4 is 17.6 Å². The summed E-state index contributed by atoms with van der Waals surface area (Å²) in [5.41, 5.74) is 1.83. The molecular weight excluding hydrogens is 348 g/mol. The number of nitrogens with zero attached hydrogens (tertiary/aromatic N) is 3. The highest BCUT2D eigenvalue weighted by Crippen LogP contribution is 2.36. The average Bonchev–Trinajstić information content (AvgIpc) is 3.26. The minimum Gasteiger partial charge on any atom is -0.476 e. The molecule has 142 valence electrons. The number of amides is 1. The topological polar surface area (TPSA) is 114 Å². The first-order chi connectivity index (χ1) is 13.2. The van der Waals surface area contributed by atoms with Gasteiger partial charge in [-0.05, 0) is 38.0 Å². The predicted octanol–water partition coefficient (Wildman–Crippen LogP) is 2.48. The number of fused-ring (bicyclic) bond motifs is 3. The molecule has 9 heteroatoms. The molecule has 2 saturated carbocycles. The Bertz CT molecular complexity index is 834. The molecule has 0 saturated heterocycles. The van der Waals surface area contributed by atoms with Crippen LogP contribution in [0.2, 0.25) is 0 Å². The number of aromatic amines is 1. The Balaban J connectivity index is 1.36. The van der Waals surface area contributed by atoms with E-state index < -0.39 is 0 Å². The second-order valence-corrected chi connectivity index (χ2v) is 7.64. The maximum atomic E-state index is 12.1. The number of carbonyl (C=O) groups is 1. The minimum atomic E-state index is -0.309. The van der Waals surface area contributed by atoms with Gasteiger partial charge in [0.25, 0.3) is 0 Å². The summed E-state index contributed by atoms with van der Waals surface area (Å²) in [6.45, 7) is 0.558. The second kappa shape index (κ2) is 6.71. The molecule has 2 aromatic rings. The Kier molecular flexibility index (Phi) is 4.06. The predicted molar refractivity (Wildman–Crippen MR) is 95.9 cm³/mol. The van der Waals surface area contributed by atoms with Gasteiger partial charge in [-0.15, -0.1) is 5.10 Å². The van der Waals surface area contributed by atoms with E-state index in [1.54, 1.807) is 6.20 Å². The van der Waals surface area contributed by atoms with E-state index in [1.807, 2.05) is 12.1 Å². The van der Waals surface area contributed by atoms with Gasteiger partial charge in [0.05, 0.1) is 18.5 Å². The lowest BCUT2D eigenvalue weighted by Gasteiger charge is -2.35. The van der Waals surface area contributed by atoms with Crippen molar-refractivity contribution < 1.29 is 14.3 Å². The van der Waals surface area contributed by atoms with Crippen LogP contribution in [-0.4, -0.2) is 45.2 Å². The smallest absolute Gasteiger partial charge is 0.407 e. The molecule has 27 heavy (non-hydrogen) atoms. The summed E-state index contributed by atoms with van der Waals surface area (Å²) in [5.74, 6) is 1.91. The minimum absolute atomic E-state index is 0.0419. The van der Waals surface area contributed by atoms with Crippen LogP contribution in [0, 0.1) is 5.92 Å². The van der Waals surface area contributed by atoms with Gasteiger partial charge in [0.2, 0.25) is 5.88 Å². The molecule has 0 radical (unpaired) electrons. The molecule has 1 amide bonds. The van der Waals surface area contributed by atoms with E-state index >= 15 is 0 Å². The molecular formula is C18H22N6O3. The van der Waals surface area contributed by atoms with Crippen molar-refractivity contribution in [3.05, 3.63) is 24.0 Å². The standard InChI is InChI=1S/C18H22N6O3/c25-18-21-12-3-10(4-12)9-26-17-6-13(8-19-24-17)20-16-7-15(22-23-16)11-1-2-14(5-11)27-18/h6-8,10-12,14H,1-5,9H2,(H,21,25)(H2,20,22,23)/t10?,11-,12?,14+/m0/s1. The summed E-state index contributed by atoms with van der Waals surface area (Å²) in [7, 11) is 0. The molecule has 6 rings (SSSR count). The summed E-state index contributed by atoms with van der Waals surface area (Å²) >= 11 is 0. The van der Waals surface area contributed by atoms with Crippen molar-refractivity contribution in [1.82, 2.24) is 25.7 Å². The summed E-state index contributed by atoms with van der Waals surface area (Å²) < 4.78 is 11.4. The lowest BCUT2D eigenvalue weighted by Crippen LogP contribution is -2.46. The number of hydrogen-bond acceptors (Lipinski definition) is 7. The van der Waals surface area contributed by atoms with Crippen LogP contribution in [0.15, 0.2) is 18.3 Å². The quantitative estimate of drug-likeness (QED) is 0.653. The van der Waals surface area contributed by atoms with Gasteiger partial charge >= 0.3 is 6.09 Å². The van der Waals surface area contributed by atoms with E-state index in [4.69, 9.17) is 9.47 Å². The molecule has 4 heterocycles. The molecule has 0 spiro atoms. The van der Waals surface area contributed by atoms with Crippen LogP contribution in [0.4, 0.5) is 16.3 Å². The molecule has 2 atom stereocenters. The first-order valence-corrected chi connectivity index (χ1v) is 9.46. The molecule has 0 unspecified atom stereocenters. The molecule has 4 aliphatic rings. The monoisotopic (exact) mass is 370 g/mol. The Hall–Kier alpha value is -2.84. The van der Waals surface area contributed by atoms with Crippen LogP contribution in [-0.2, 0) is 4.74 Å². The highest BCUT2D eigenvalue weighted by Gasteiger charge is 2.34. The Morgan fingerprint density at radius 3 is 3.00 bits per heavy atom. The van der Waals surface area contributed by atoms with E-state index in [0.717, 1.165) is 43.5 Å². The molecule has 8 bridgehead atoms. The summed E-state index contributed by atoms with van der Waals surface area (Å²) in [4.78, 5) is 12.1. The maximum absolute atomic E-state index is 12.1. The van der Waals surface area contributed by atoms with Crippen molar-refractivity contribution in [2.75, 3.05) is 11.9 Å². The van der Waals surface area contributed by atoms with Crippen molar-refractivity contribution in [1.29, 1.82) is 0 Å². The van der Waals surface area contributed by atoms with Crippen LogP contribution in [0.5, 0.6) is 5.88 Å². The van der Waals surface area contributed by atoms with Gasteiger partial charge in [0, 0.05) is 29.8 Å². The number of anilines is 2. The zero-order chi connectivity index (χ0) is 18.2. The SMILES string of the molecule is O=C1NC2CC(COc3cc(cnn3)Nc3cc([nH]n3)[C@H]3CC[C@H](C3)O1)C2. The van der Waals surface area contributed by atoms with Gasteiger partial charge in [-0.3, -0.25) is 5.10 Å². The van der Waals surface area contributed by atoms with E-state index in [2.05, 4.69) is 31.0 Å². The number of ether oxygens (including phenoxy) is 2. The van der Waals surface area contributed by atoms with Gasteiger partial charge in [0.1, 0.15) is 6.10 Å². The first kappa shape index (κ1) is 16.3. The normalized spacial score (nSPS) is 29.9. The lowest BCUT2D eigenvalue weighted by atomic mass is 9.81. The summed E-state index contributed by atoms with van der Waals surface area (Å²) in [6.07, 6.45) is 5.74. The largest absolute Gasteiger partial charge is 0.476 e. The van der Waals surface area contributed by atoms with Crippen molar-refractivity contribution in [2.45, 2.75) is 50.2 Å². The number of aromatic nitrogens is 4. The second-order valence-electron chi connectivity index (χ2n) is 7.64. The van der Waals surface area contributed by atoms with Gasteiger partial charge in [-0.1, -0.05) is 0 Å². The lowest BCUT2D eigenvalue weighted by molar-refractivity contribution is 0.0812. The molecule has 3 N–H and O–H groups in total. The molecule has 0 aromatic carbocycles. The molecule has 9 nitrogen and oxygen atoms in total. The Morgan fingerprint density at radius 1 is 1.15 bits per heavy atom. The fourth-order valence-electron chi connectivity index (χ4n) is 4.12. The van der Waals surface area contributed by atoms with E-state index in [-0.39, 0.29) is 18.2 Å².